The van der Waals surface area contributed by atoms with Crippen LogP contribution in [0, 0.1) is 13.8 Å². The number of nitrogens with one attached hydrogen (secondary N) is 1. The Bertz CT molecular complexity index is 531. The van der Waals surface area contributed by atoms with Gasteiger partial charge in [0.25, 0.3) is 0 Å². The molecule has 3 nitrogen and oxygen atoms in total. The number of unbranched alkanes of at least 4 members (excludes halogenated alkanes) is 1. The zero-order chi connectivity index (χ0) is 13.1. The molecule has 0 bridgehead atoms. The van der Waals surface area contributed by atoms with Crippen LogP contribution in [0.5, 0.6) is 0 Å². The first-order valence-electron chi connectivity index (χ1n) is 6.58. The molecule has 18 heavy (non-hydrogen) atoms. The second-order valence-electron chi connectivity index (χ2n) is 5.04. The number of hydrogen-bond donors (Lipinski definition) is 3. The minimum atomic E-state index is 0.0482. The van der Waals surface area contributed by atoms with Crippen molar-refractivity contribution in [2.45, 2.75) is 39.2 Å². The molecule has 3 heteroatoms. The van der Waals surface area contributed by atoms with E-state index in [1.165, 1.54) is 16.5 Å². The van der Waals surface area contributed by atoms with Crippen molar-refractivity contribution in [2.24, 2.45) is 5.73 Å². The Labute approximate surface area is 108 Å². The molecule has 0 radical (unpaired) electrons. The fourth-order valence-electron chi connectivity index (χ4n) is 2.56. The lowest BCUT2D eigenvalue weighted by Gasteiger charge is -2.12. The number of benzene rings is 1. The van der Waals surface area contributed by atoms with E-state index in [-0.39, 0.29) is 12.6 Å². The van der Waals surface area contributed by atoms with Crippen LogP contribution in [0.3, 0.4) is 0 Å². The Morgan fingerprint density at radius 2 is 2.06 bits per heavy atom. The second-order valence-corrected chi connectivity index (χ2v) is 5.04. The summed E-state index contributed by atoms with van der Waals surface area (Å²) < 4.78 is 0. The number of aliphatic hydroxyl groups is 1. The van der Waals surface area contributed by atoms with Gasteiger partial charge in [0.05, 0.1) is 0 Å². The molecule has 0 aliphatic rings. The highest BCUT2D eigenvalue weighted by Crippen LogP contribution is 2.29. The molecule has 1 atom stereocenters. The largest absolute Gasteiger partial charge is 0.396 e. The second kappa shape index (κ2) is 5.55. The average molecular weight is 246 g/mol. The summed E-state index contributed by atoms with van der Waals surface area (Å²) in [7, 11) is 0. The lowest BCUT2D eigenvalue weighted by molar-refractivity contribution is 0.281. The molecule has 2 aromatic rings. The maximum absolute atomic E-state index is 8.83. The standard InChI is InChI=1S/C15H22N2O/c1-10-6-7-14-12(9-10)15(11(2)17-14)13(16)5-3-4-8-18/h6-7,9,13,17-18H,3-5,8,16H2,1-2H3/t13-/m0/s1. The summed E-state index contributed by atoms with van der Waals surface area (Å²) in [5.41, 5.74) is 11.1. The van der Waals surface area contributed by atoms with E-state index in [1.807, 2.05) is 0 Å². The van der Waals surface area contributed by atoms with Crippen molar-refractivity contribution < 1.29 is 5.11 Å². The predicted molar refractivity (Wildman–Crippen MR) is 75.6 cm³/mol. The van der Waals surface area contributed by atoms with Crippen molar-refractivity contribution in [2.75, 3.05) is 6.61 Å². The third-order valence-electron chi connectivity index (χ3n) is 3.49. The van der Waals surface area contributed by atoms with E-state index in [4.69, 9.17) is 10.8 Å². The lowest BCUT2D eigenvalue weighted by atomic mass is 9.98. The van der Waals surface area contributed by atoms with Gasteiger partial charge in [0, 0.05) is 29.2 Å². The average Bonchev–Trinajstić information content (AvgIpc) is 2.64. The van der Waals surface area contributed by atoms with Crippen LogP contribution < -0.4 is 5.73 Å². The third-order valence-corrected chi connectivity index (χ3v) is 3.49. The van der Waals surface area contributed by atoms with Crippen LogP contribution in [-0.4, -0.2) is 16.7 Å². The Hall–Kier alpha value is -1.32. The maximum atomic E-state index is 8.83. The molecule has 0 fully saturated rings. The lowest BCUT2D eigenvalue weighted by Crippen LogP contribution is -2.11. The van der Waals surface area contributed by atoms with Crippen LogP contribution in [0.4, 0.5) is 0 Å². The normalized spacial score (nSPS) is 13.1. The van der Waals surface area contributed by atoms with Gasteiger partial charge >= 0.3 is 0 Å². The summed E-state index contributed by atoms with van der Waals surface area (Å²) in [6, 6.07) is 6.47. The van der Waals surface area contributed by atoms with Gasteiger partial charge in [0.15, 0.2) is 0 Å². The Morgan fingerprint density at radius 1 is 1.28 bits per heavy atom. The van der Waals surface area contributed by atoms with Crippen LogP contribution in [-0.2, 0) is 0 Å². The molecule has 0 spiro atoms. The highest BCUT2D eigenvalue weighted by molar-refractivity contribution is 5.85. The van der Waals surface area contributed by atoms with Gasteiger partial charge in [-0.15, -0.1) is 0 Å². The van der Waals surface area contributed by atoms with E-state index >= 15 is 0 Å². The molecule has 0 unspecified atom stereocenters. The van der Waals surface area contributed by atoms with E-state index in [2.05, 4.69) is 37.0 Å². The SMILES string of the molecule is Cc1ccc2[nH]c(C)c([C@@H](N)CCCCO)c2c1. The topological polar surface area (TPSA) is 62.0 Å². The van der Waals surface area contributed by atoms with E-state index in [9.17, 15) is 0 Å². The van der Waals surface area contributed by atoms with Gasteiger partial charge in [-0.1, -0.05) is 11.6 Å². The molecule has 0 amide bonds. The number of fused-ring (bicyclic) bond motifs is 1. The zero-order valence-electron chi connectivity index (χ0n) is 11.2. The number of rotatable bonds is 5. The molecule has 1 heterocycles. The minimum Gasteiger partial charge on any atom is -0.396 e. The van der Waals surface area contributed by atoms with Crippen LogP contribution >= 0.6 is 0 Å². The number of aryl methyl sites for hydroxylation is 2. The minimum absolute atomic E-state index is 0.0482. The van der Waals surface area contributed by atoms with Gasteiger partial charge in [0.1, 0.15) is 0 Å². The Kier molecular flexibility index (Phi) is 4.04. The van der Waals surface area contributed by atoms with E-state index in [1.54, 1.807) is 0 Å². The molecule has 1 aromatic carbocycles. The van der Waals surface area contributed by atoms with Gasteiger partial charge in [-0.3, -0.25) is 0 Å². The van der Waals surface area contributed by atoms with Crippen molar-refractivity contribution in [3.63, 3.8) is 0 Å². The van der Waals surface area contributed by atoms with Gasteiger partial charge < -0.3 is 15.8 Å². The number of aliphatic hydroxyl groups excluding tert-OH is 1. The van der Waals surface area contributed by atoms with Gasteiger partial charge in [-0.2, -0.15) is 0 Å². The molecular formula is C15H22N2O. The van der Waals surface area contributed by atoms with Crippen LogP contribution in [0.2, 0.25) is 0 Å². The van der Waals surface area contributed by atoms with Crippen LogP contribution in [0.25, 0.3) is 10.9 Å². The highest BCUT2D eigenvalue weighted by atomic mass is 16.2. The molecule has 0 saturated heterocycles. The highest BCUT2D eigenvalue weighted by Gasteiger charge is 2.15. The fourth-order valence-corrected chi connectivity index (χ4v) is 2.56. The van der Waals surface area contributed by atoms with Crippen molar-refractivity contribution in [3.05, 3.63) is 35.0 Å². The van der Waals surface area contributed by atoms with E-state index in [0.29, 0.717) is 0 Å². The number of aromatic nitrogens is 1. The molecule has 4 N–H and O–H groups in total. The Morgan fingerprint density at radius 3 is 2.78 bits per heavy atom. The third kappa shape index (κ3) is 2.57. The molecule has 0 aliphatic heterocycles. The molecule has 0 aliphatic carbocycles. The quantitative estimate of drug-likeness (QED) is 0.710. The summed E-state index contributed by atoms with van der Waals surface area (Å²) in [5.74, 6) is 0. The summed E-state index contributed by atoms with van der Waals surface area (Å²) >= 11 is 0. The monoisotopic (exact) mass is 246 g/mol. The predicted octanol–water partition coefficient (Wildman–Crippen LogP) is 2.95. The molecule has 1 aromatic heterocycles. The van der Waals surface area contributed by atoms with Crippen molar-refractivity contribution in [3.8, 4) is 0 Å². The van der Waals surface area contributed by atoms with Crippen LogP contribution in [0.1, 0.15) is 42.1 Å². The number of H-pyrrole nitrogens is 1. The van der Waals surface area contributed by atoms with E-state index in [0.717, 1.165) is 30.5 Å². The summed E-state index contributed by atoms with van der Waals surface area (Å²) in [5, 5.41) is 10.1. The number of nitrogens with two attached hydrogens (primary N) is 1. The maximum Gasteiger partial charge on any atom is 0.0459 e. The van der Waals surface area contributed by atoms with E-state index < -0.39 is 0 Å². The van der Waals surface area contributed by atoms with Gasteiger partial charge in [-0.25, -0.2) is 0 Å². The smallest absolute Gasteiger partial charge is 0.0459 e. The molecule has 0 saturated carbocycles. The fraction of sp³-hybridized carbons (Fsp3) is 0.467. The summed E-state index contributed by atoms with van der Waals surface area (Å²) in [4.78, 5) is 3.40. The molecular weight excluding hydrogens is 224 g/mol. The first-order chi connectivity index (χ1) is 8.63. The van der Waals surface area contributed by atoms with Crippen molar-refractivity contribution >= 4 is 10.9 Å². The first kappa shape index (κ1) is 13.1. The summed E-state index contributed by atoms with van der Waals surface area (Å²) in [6.07, 6.45) is 2.71. The van der Waals surface area contributed by atoms with Crippen molar-refractivity contribution in [1.82, 2.24) is 4.98 Å². The summed E-state index contributed by atoms with van der Waals surface area (Å²) in [6.45, 7) is 4.43. The number of hydrogen-bond acceptors (Lipinski definition) is 2. The molecule has 2 rings (SSSR count). The van der Waals surface area contributed by atoms with Crippen LogP contribution in [0.15, 0.2) is 18.2 Å². The van der Waals surface area contributed by atoms with Gasteiger partial charge in [0.2, 0.25) is 0 Å². The van der Waals surface area contributed by atoms with Gasteiger partial charge in [-0.05, 0) is 50.8 Å². The Balaban J connectivity index is 2.30. The first-order valence-corrected chi connectivity index (χ1v) is 6.58. The molecule has 98 valence electrons. The zero-order valence-corrected chi connectivity index (χ0v) is 11.2. The number of aromatic amines is 1. The van der Waals surface area contributed by atoms with Crippen molar-refractivity contribution in [1.29, 1.82) is 0 Å².